The Morgan fingerprint density at radius 1 is 1.15 bits per heavy atom. The van der Waals surface area contributed by atoms with Crippen molar-refractivity contribution in [3.8, 4) is 0 Å². The molecule has 0 unspecified atom stereocenters. The van der Waals surface area contributed by atoms with E-state index in [-0.39, 0.29) is 18.4 Å². The molecule has 0 bridgehead atoms. The first-order chi connectivity index (χ1) is 12.5. The number of para-hydroxylation sites is 1. The third-order valence-corrected chi connectivity index (χ3v) is 6.27. The van der Waals surface area contributed by atoms with Crippen molar-refractivity contribution in [1.82, 2.24) is 4.90 Å². The summed E-state index contributed by atoms with van der Waals surface area (Å²) in [4.78, 5) is 28.4. The summed E-state index contributed by atoms with van der Waals surface area (Å²) < 4.78 is 0. The van der Waals surface area contributed by atoms with Gasteiger partial charge in [-0.3, -0.25) is 9.59 Å². The number of aryl methyl sites for hydroxylation is 2. The fourth-order valence-corrected chi connectivity index (χ4v) is 4.78. The number of likely N-dealkylation sites (N-methyl/N-ethyl adjacent to an activating group) is 1. The van der Waals surface area contributed by atoms with Crippen LogP contribution < -0.4 is 5.32 Å². The van der Waals surface area contributed by atoms with Crippen LogP contribution in [0.3, 0.4) is 0 Å². The molecule has 2 amide bonds. The van der Waals surface area contributed by atoms with E-state index in [1.165, 1.54) is 34.6 Å². The number of anilines is 1. The Balaban J connectivity index is 1.65. The molecule has 26 heavy (non-hydrogen) atoms. The Kier molecular flexibility index (Phi) is 6.22. The van der Waals surface area contributed by atoms with Crippen molar-refractivity contribution in [2.75, 3.05) is 18.9 Å². The number of hydrogen-bond donors (Lipinski definition) is 1. The van der Waals surface area contributed by atoms with Crippen molar-refractivity contribution in [3.05, 3.63) is 49.6 Å². The molecule has 0 saturated carbocycles. The molecule has 0 radical (unpaired) electrons. The minimum Gasteiger partial charge on any atom is -0.332 e. The van der Waals surface area contributed by atoms with Crippen LogP contribution in [0.25, 0.3) is 0 Å². The standard InChI is InChI=1S/C19H20Cl2N2O2S/c1-23(11-17(24)22-18-13(20)7-5-8-14(18)21)19(25)16-10-12-6-3-2-4-9-15(12)26-16/h5,7-8,10H,2-4,6,9,11H2,1H3,(H,22,24). The molecule has 2 aromatic rings. The quantitative estimate of drug-likeness (QED) is 0.717. The normalized spacial score (nSPS) is 13.7. The Hall–Kier alpha value is -1.56. The Bertz CT molecular complexity index is 791. The highest BCUT2D eigenvalue weighted by Crippen LogP contribution is 2.31. The first-order valence-corrected chi connectivity index (χ1v) is 10.1. The van der Waals surface area contributed by atoms with Crippen LogP contribution in [-0.4, -0.2) is 30.3 Å². The fraction of sp³-hybridized carbons (Fsp3) is 0.368. The lowest BCUT2D eigenvalue weighted by Crippen LogP contribution is -2.34. The van der Waals surface area contributed by atoms with Crippen molar-refractivity contribution in [1.29, 1.82) is 0 Å². The van der Waals surface area contributed by atoms with Crippen molar-refractivity contribution in [2.24, 2.45) is 0 Å². The molecule has 4 nitrogen and oxygen atoms in total. The lowest BCUT2D eigenvalue weighted by molar-refractivity contribution is -0.116. The monoisotopic (exact) mass is 410 g/mol. The molecule has 0 spiro atoms. The molecule has 7 heteroatoms. The summed E-state index contributed by atoms with van der Waals surface area (Å²) in [5.41, 5.74) is 1.65. The first kappa shape index (κ1) is 19.2. The van der Waals surface area contributed by atoms with E-state index in [2.05, 4.69) is 5.32 Å². The summed E-state index contributed by atoms with van der Waals surface area (Å²) in [7, 11) is 1.63. The second-order valence-corrected chi connectivity index (χ2v) is 8.38. The second-order valence-electron chi connectivity index (χ2n) is 6.43. The highest BCUT2D eigenvalue weighted by atomic mass is 35.5. The molecule has 1 aliphatic rings. The summed E-state index contributed by atoms with van der Waals surface area (Å²) >= 11 is 13.7. The van der Waals surface area contributed by atoms with Gasteiger partial charge in [-0.25, -0.2) is 0 Å². The topological polar surface area (TPSA) is 49.4 Å². The average Bonchev–Trinajstić information content (AvgIpc) is 2.88. The minimum absolute atomic E-state index is 0.0665. The lowest BCUT2D eigenvalue weighted by Gasteiger charge is -2.16. The second kappa shape index (κ2) is 8.42. The Labute approximate surface area is 167 Å². The maximum Gasteiger partial charge on any atom is 0.264 e. The number of amides is 2. The minimum atomic E-state index is -0.339. The van der Waals surface area contributed by atoms with Crippen LogP contribution in [0, 0.1) is 0 Å². The van der Waals surface area contributed by atoms with Crippen LogP contribution in [-0.2, 0) is 17.6 Å². The van der Waals surface area contributed by atoms with Crippen LogP contribution in [0.1, 0.15) is 39.4 Å². The van der Waals surface area contributed by atoms with Gasteiger partial charge in [-0.2, -0.15) is 0 Å². The number of fused-ring (bicyclic) bond motifs is 1. The van der Waals surface area contributed by atoms with Gasteiger partial charge in [0.2, 0.25) is 5.91 Å². The molecular formula is C19H20Cl2N2O2S. The number of carbonyl (C=O) groups is 2. The zero-order chi connectivity index (χ0) is 18.7. The van der Waals surface area contributed by atoms with E-state index in [9.17, 15) is 9.59 Å². The number of thiophene rings is 1. The van der Waals surface area contributed by atoms with Crippen LogP contribution in [0.4, 0.5) is 5.69 Å². The van der Waals surface area contributed by atoms with Crippen molar-refractivity contribution >= 4 is 52.0 Å². The Morgan fingerprint density at radius 3 is 2.58 bits per heavy atom. The van der Waals surface area contributed by atoms with Gasteiger partial charge in [0.1, 0.15) is 0 Å². The number of carbonyl (C=O) groups excluding carboxylic acids is 2. The largest absolute Gasteiger partial charge is 0.332 e. The van der Waals surface area contributed by atoms with Gasteiger partial charge in [0, 0.05) is 11.9 Å². The molecule has 1 aromatic carbocycles. The maximum atomic E-state index is 12.7. The van der Waals surface area contributed by atoms with Crippen LogP contribution in [0.2, 0.25) is 10.0 Å². The van der Waals surface area contributed by atoms with Crippen molar-refractivity contribution < 1.29 is 9.59 Å². The lowest BCUT2D eigenvalue weighted by atomic mass is 10.1. The highest BCUT2D eigenvalue weighted by molar-refractivity contribution is 7.14. The predicted octanol–water partition coefficient (Wildman–Crippen LogP) is 5.03. The van der Waals surface area contributed by atoms with Crippen molar-refractivity contribution in [2.45, 2.75) is 32.1 Å². The van der Waals surface area contributed by atoms with Gasteiger partial charge in [0.25, 0.3) is 5.91 Å². The number of halogens is 2. The molecule has 0 atom stereocenters. The van der Waals surface area contributed by atoms with E-state index in [1.807, 2.05) is 6.07 Å². The van der Waals surface area contributed by atoms with Crippen LogP contribution in [0.15, 0.2) is 24.3 Å². The summed E-state index contributed by atoms with van der Waals surface area (Å²) in [6.45, 7) is -0.0665. The molecule has 1 heterocycles. The van der Waals surface area contributed by atoms with E-state index in [4.69, 9.17) is 23.2 Å². The van der Waals surface area contributed by atoms with Gasteiger partial charge in [-0.05, 0) is 49.4 Å². The van der Waals surface area contributed by atoms with Gasteiger partial charge < -0.3 is 10.2 Å². The molecule has 138 valence electrons. The number of rotatable bonds is 4. The molecule has 0 saturated heterocycles. The van der Waals surface area contributed by atoms with Gasteiger partial charge >= 0.3 is 0 Å². The van der Waals surface area contributed by atoms with Crippen molar-refractivity contribution in [3.63, 3.8) is 0 Å². The van der Waals surface area contributed by atoms with E-state index in [1.54, 1.807) is 36.6 Å². The first-order valence-electron chi connectivity index (χ1n) is 8.56. The SMILES string of the molecule is CN(CC(=O)Nc1c(Cl)cccc1Cl)C(=O)c1cc2c(s1)CCCCC2. The predicted molar refractivity (Wildman–Crippen MR) is 108 cm³/mol. The Morgan fingerprint density at radius 2 is 1.85 bits per heavy atom. The van der Waals surface area contributed by atoms with Gasteiger partial charge in [0.15, 0.2) is 0 Å². The number of hydrogen-bond acceptors (Lipinski definition) is 3. The zero-order valence-electron chi connectivity index (χ0n) is 14.5. The molecule has 1 aromatic heterocycles. The van der Waals surface area contributed by atoms with Gasteiger partial charge in [-0.1, -0.05) is 35.7 Å². The summed E-state index contributed by atoms with van der Waals surface area (Å²) in [6, 6.07) is 7.00. The van der Waals surface area contributed by atoms with E-state index >= 15 is 0 Å². The zero-order valence-corrected chi connectivity index (χ0v) is 16.8. The number of nitrogens with zero attached hydrogens (tertiary/aromatic N) is 1. The highest BCUT2D eigenvalue weighted by Gasteiger charge is 2.21. The van der Waals surface area contributed by atoms with Gasteiger partial charge in [-0.15, -0.1) is 11.3 Å². The van der Waals surface area contributed by atoms with Crippen LogP contribution in [0.5, 0.6) is 0 Å². The summed E-state index contributed by atoms with van der Waals surface area (Å²) in [5, 5.41) is 3.41. The third-order valence-electron chi connectivity index (χ3n) is 4.41. The average molecular weight is 411 g/mol. The summed E-state index contributed by atoms with van der Waals surface area (Å²) in [5.74, 6) is -0.475. The molecule has 3 rings (SSSR count). The smallest absolute Gasteiger partial charge is 0.264 e. The van der Waals surface area contributed by atoms with Crippen LogP contribution >= 0.6 is 34.5 Å². The fourth-order valence-electron chi connectivity index (χ4n) is 3.04. The molecule has 0 fully saturated rings. The van der Waals surface area contributed by atoms with Gasteiger partial charge in [0.05, 0.1) is 27.2 Å². The third kappa shape index (κ3) is 4.40. The van der Waals surface area contributed by atoms with E-state index < -0.39 is 0 Å². The molecule has 1 N–H and O–H groups in total. The molecule has 0 aliphatic heterocycles. The molecular weight excluding hydrogens is 391 g/mol. The number of benzene rings is 1. The summed E-state index contributed by atoms with van der Waals surface area (Å²) in [6.07, 6.45) is 5.68. The number of nitrogens with one attached hydrogen (secondary N) is 1. The maximum absolute atomic E-state index is 12.7. The molecule has 1 aliphatic carbocycles. The van der Waals surface area contributed by atoms with E-state index in [0.29, 0.717) is 20.6 Å². The van der Waals surface area contributed by atoms with E-state index in [0.717, 1.165) is 12.8 Å².